The Morgan fingerprint density at radius 3 is 3.10 bits per heavy atom. The Balaban J connectivity index is 1.42. The van der Waals surface area contributed by atoms with Crippen molar-refractivity contribution in [3.63, 3.8) is 0 Å². The van der Waals surface area contributed by atoms with Gasteiger partial charge in [0.25, 0.3) is 0 Å². The number of hydrogen-bond acceptors (Lipinski definition) is 4. The Morgan fingerprint density at radius 1 is 1.25 bits per heavy atom. The van der Waals surface area contributed by atoms with Crippen molar-refractivity contribution in [2.45, 2.75) is 38.5 Å². The number of likely N-dealkylation sites (tertiary alicyclic amines) is 1. The second kappa shape index (κ2) is 4.93. The summed E-state index contributed by atoms with van der Waals surface area (Å²) in [6.45, 7) is 5.82. The molecule has 0 amide bonds. The van der Waals surface area contributed by atoms with Crippen molar-refractivity contribution in [2.75, 3.05) is 19.9 Å². The smallest absolute Gasteiger partial charge is 0.231 e. The molecule has 2 saturated heterocycles. The molecule has 108 valence electrons. The van der Waals surface area contributed by atoms with Crippen LogP contribution in [-0.2, 0) is 11.3 Å². The summed E-state index contributed by atoms with van der Waals surface area (Å²) in [5.74, 6) is 2.47. The van der Waals surface area contributed by atoms with E-state index in [9.17, 15) is 0 Å². The lowest BCUT2D eigenvalue weighted by atomic mass is 9.93. The van der Waals surface area contributed by atoms with Crippen LogP contribution in [0.25, 0.3) is 0 Å². The summed E-state index contributed by atoms with van der Waals surface area (Å²) in [4.78, 5) is 2.54. The summed E-state index contributed by atoms with van der Waals surface area (Å²) in [6, 6.07) is 6.28. The lowest BCUT2D eigenvalue weighted by Gasteiger charge is -2.34. The minimum atomic E-state index is 0.349. The van der Waals surface area contributed by atoms with Crippen molar-refractivity contribution in [3.05, 3.63) is 23.8 Å². The van der Waals surface area contributed by atoms with Gasteiger partial charge in [0.1, 0.15) is 0 Å². The standard InChI is InChI=1S/C16H21NO3/c1-11-6-13-9-17(5-4-14(13)20-11)8-12-2-3-15-16(7-12)19-10-18-15/h2-3,7,11,13-14H,4-6,8-10H2,1H3/t11-,13-,14+/m1/s1. The Kier molecular flexibility index (Phi) is 3.08. The van der Waals surface area contributed by atoms with Crippen LogP contribution in [0.1, 0.15) is 25.3 Å². The second-order valence-electron chi connectivity index (χ2n) is 6.19. The lowest BCUT2D eigenvalue weighted by Crippen LogP contribution is -2.40. The molecule has 0 bridgehead atoms. The zero-order valence-electron chi connectivity index (χ0n) is 11.9. The van der Waals surface area contributed by atoms with Crippen LogP contribution in [0.4, 0.5) is 0 Å². The summed E-state index contributed by atoms with van der Waals surface area (Å²) in [5, 5.41) is 0. The quantitative estimate of drug-likeness (QED) is 0.829. The van der Waals surface area contributed by atoms with Gasteiger partial charge in [0.05, 0.1) is 12.2 Å². The molecule has 4 nitrogen and oxygen atoms in total. The fourth-order valence-electron chi connectivity index (χ4n) is 3.71. The molecule has 20 heavy (non-hydrogen) atoms. The van der Waals surface area contributed by atoms with E-state index in [-0.39, 0.29) is 0 Å². The van der Waals surface area contributed by atoms with Gasteiger partial charge in [-0.05, 0) is 37.5 Å². The van der Waals surface area contributed by atoms with E-state index < -0.39 is 0 Å². The maximum atomic E-state index is 5.96. The van der Waals surface area contributed by atoms with Crippen LogP contribution in [0.2, 0.25) is 0 Å². The molecule has 0 radical (unpaired) electrons. The SMILES string of the molecule is C[C@@H]1C[C@@H]2CN(Cc3ccc4c(c3)OCO4)CC[C@@H]2O1. The molecule has 3 heterocycles. The first kappa shape index (κ1) is 12.5. The van der Waals surface area contributed by atoms with Crippen LogP contribution < -0.4 is 9.47 Å². The molecule has 3 aliphatic rings. The van der Waals surface area contributed by atoms with Gasteiger partial charge in [0.15, 0.2) is 11.5 Å². The van der Waals surface area contributed by atoms with E-state index in [1.54, 1.807) is 0 Å². The van der Waals surface area contributed by atoms with Gasteiger partial charge in [-0.2, -0.15) is 0 Å². The number of benzene rings is 1. The predicted octanol–water partition coefficient (Wildman–Crippen LogP) is 2.41. The first-order chi connectivity index (χ1) is 9.78. The molecule has 0 aliphatic carbocycles. The first-order valence-electron chi connectivity index (χ1n) is 7.54. The van der Waals surface area contributed by atoms with Gasteiger partial charge in [0.2, 0.25) is 6.79 Å². The number of rotatable bonds is 2. The van der Waals surface area contributed by atoms with Crippen LogP contribution in [0.5, 0.6) is 11.5 Å². The molecule has 0 spiro atoms. The predicted molar refractivity (Wildman–Crippen MR) is 74.9 cm³/mol. The molecule has 4 heteroatoms. The zero-order valence-corrected chi connectivity index (χ0v) is 11.9. The molecule has 1 aromatic rings. The zero-order chi connectivity index (χ0) is 13.5. The van der Waals surface area contributed by atoms with Gasteiger partial charge in [-0.15, -0.1) is 0 Å². The molecular formula is C16H21NO3. The van der Waals surface area contributed by atoms with Crippen LogP contribution in [0.3, 0.4) is 0 Å². The summed E-state index contributed by atoms with van der Waals surface area (Å²) in [5.41, 5.74) is 1.31. The highest BCUT2D eigenvalue weighted by atomic mass is 16.7. The maximum absolute atomic E-state index is 5.96. The third-order valence-corrected chi connectivity index (χ3v) is 4.63. The Labute approximate surface area is 119 Å². The highest BCUT2D eigenvalue weighted by molar-refractivity contribution is 5.44. The van der Waals surface area contributed by atoms with E-state index in [1.165, 1.54) is 18.4 Å². The maximum Gasteiger partial charge on any atom is 0.231 e. The van der Waals surface area contributed by atoms with Crippen molar-refractivity contribution in [1.29, 1.82) is 0 Å². The fraction of sp³-hybridized carbons (Fsp3) is 0.625. The average Bonchev–Trinajstić information content (AvgIpc) is 3.02. The van der Waals surface area contributed by atoms with Gasteiger partial charge in [-0.1, -0.05) is 6.07 Å². The highest BCUT2D eigenvalue weighted by Crippen LogP contribution is 2.35. The van der Waals surface area contributed by atoms with E-state index in [0.29, 0.717) is 24.9 Å². The Hall–Kier alpha value is -1.26. The Bertz CT molecular complexity index is 504. The van der Waals surface area contributed by atoms with Crippen molar-refractivity contribution in [1.82, 2.24) is 4.90 Å². The topological polar surface area (TPSA) is 30.9 Å². The monoisotopic (exact) mass is 275 g/mol. The summed E-state index contributed by atoms with van der Waals surface area (Å²) < 4.78 is 16.8. The van der Waals surface area contributed by atoms with Gasteiger partial charge >= 0.3 is 0 Å². The number of piperidine rings is 1. The molecule has 4 rings (SSSR count). The first-order valence-corrected chi connectivity index (χ1v) is 7.54. The molecule has 0 N–H and O–H groups in total. The van der Waals surface area contributed by atoms with Gasteiger partial charge < -0.3 is 14.2 Å². The molecule has 3 atom stereocenters. The normalized spacial score (nSPS) is 32.4. The van der Waals surface area contributed by atoms with Crippen molar-refractivity contribution in [2.24, 2.45) is 5.92 Å². The number of ether oxygens (including phenoxy) is 3. The van der Waals surface area contributed by atoms with Gasteiger partial charge in [0, 0.05) is 25.6 Å². The average molecular weight is 275 g/mol. The van der Waals surface area contributed by atoms with E-state index in [0.717, 1.165) is 31.1 Å². The summed E-state index contributed by atoms with van der Waals surface area (Å²) in [7, 11) is 0. The van der Waals surface area contributed by atoms with Gasteiger partial charge in [-0.25, -0.2) is 0 Å². The molecule has 1 aromatic carbocycles. The van der Waals surface area contributed by atoms with Crippen molar-refractivity contribution in [3.8, 4) is 11.5 Å². The van der Waals surface area contributed by atoms with Crippen molar-refractivity contribution < 1.29 is 14.2 Å². The molecule has 3 aliphatic heterocycles. The molecular weight excluding hydrogens is 254 g/mol. The molecule has 0 unspecified atom stereocenters. The van der Waals surface area contributed by atoms with Crippen LogP contribution in [0.15, 0.2) is 18.2 Å². The summed E-state index contributed by atoms with van der Waals surface area (Å²) in [6.07, 6.45) is 3.32. The summed E-state index contributed by atoms with van der Waals surface area (Å²) >= 11 is 0. The Morgan fingerprint density at radius 2 is 2.15 bits per heavy atom. The fourth-order valence-corrected chi connectivity index (χ4v) is 3.71. The minimum absolute atomic E-state index is 0.349. The minimum Gasteiger partial charge on any atom is -0.454 e. The van der Waals surface area contributed by atoms with Crippen LogP contribution in [0, 0.1) is 5.92 Å². The number of nitrogens with zero attached hydrogens (tertiary/aromatic N) is 1. The number of fused-ring (bicyclic) bond motifs is 2. The highest BCUT2D eigenvalue weighted by Gasteiger charge is 2.37. The number of hydrogen-bond donors (Lipinski definition) is 0. The second-order valence-corrected chi connectivity index (χ2v) is 6.19. The molecule has 0 aromatic heterocycles. The van der Waals surface area contributed by atoms with E-state index >= 15 is 0 Å². The third-order valence-electron chi connectivity index (χ3n) is 4.63. The van der Waals surface area contributed by atoms with Gasteiger partial charge in [-0.3, -0.25) is 4.90 Å². The van der Waals surface area contributed by atoms with Crippen LogP contribution in [-0.4, -0.2) is 37.0 Å². The van der Waals surface area contributed by atoms with E-state index in [4.69, 9.17) is 14.2 Å². The molecule has 0 saturated carbocycles. The van der Waals surface area contributed by atoms with Crippen molar-refractivity contribution >= 4 is 0 Å². The third kappa shape index (κ3) is 2.27. The molecule has 2 fully saturated rings. The largest absolute Gasteiger partial charge is 0.454 e. The van der Waals surface area contributed by atoms with E-state index in [2.05, 4.69) is 24.0 Å². The lowest BCUT2D eigenvalue weighted by molar-refractivity contribution is 0.00583. The van der Waals surface area contributed by atoms with Crippen LogP contribution >= 0.6 is 0 Å². The van der Waals surface area contributed by atoms with E-state index in [1.807, 2.05) is 6.07 Å².